The molecule has 0 aliphatic rings. The Morgan fingerprint density at radius 2 is 1.90 bits per heavy atom. The Kier molecular flexibility index (Phi) is 7.34. The summed E-state index contributed by atoms with van der Waals surface area (Å²) < 4.78 is 4.86. The Balaban J connectivity index is 2.51. The number of ether oxygens (including phenoxy) is 1. The van der Waals surface area contributed by atoms with Gasteiger partial charge >= 0.3 is 0 Å². The Hall–Kier alpha value is -1.99. The quantitative estimate of drug-likeness (QED) is 0.545. The second-order valence-corrected chi connectivity index (χ2v) is 4.59. The van der Waals surface area contributed by atoms with Crippen molar-refractivity contribution in [2.75, 3.05) is 25.6 Å². The highest BCUT2D eigenvalue weighted by Gasteiger charge is 2.06. The van der Waals surface area contributed by atoms with Crippen molar-refractivity contribution in [3.63, 3.8) is 0 Å². The number of amides is 2. The van der Waals surface area contributed by atoms with Crippen LogP contribution in [0.2, 0.25) is 0 Å². The molecule has 0 aliphatic carbocycles. The molecular weight excluding hydrogens is 290 g/mol. The molecular formula is C14H19N3O3S. The first kappa shape index (κ1) is 17.1. The fourth-order valence-electron chi connectivity index (χ4n) is 1.45. The number of anilines is 1. The molecule has 0 unspecified atom stereocenters. The normalized spacial score (nSPS) is 9.81. The summed E-state index contributed by atoms with van der Waals surface area (Å²) >= 11 is 5.00. The van der Waals surface area contributed by atoms with E-state index in [2.05, 4.69) is 16.0 Å². The Morgan fingerprint density at radius 1 is 1.24 bits per heavy atom. The zero-order chi connectivity index (χ0) is 15.7. The summed E-state index contributed by atoms with van der Waals surface area (Å²) in [5.74, 6) is -0.317. The number of methoxy groups -OCH3 is 1. The fourth-order valence-corrected chi connectivity index (χ4v) is 1.68. The molecule has 0 fully saturated rings. The van der Waals surface area contributed by atoms with Gasteiger partial charge in [0, 0.05) is 31.3 Å². The number of rotatable bonds is 6. The van der Waals surface area contributed by atoms with Crippen molar-refractivity contribution < 1.29 is 14.3 Å². The standard InChI is InChI=1S/C14H19N3O3S/c1-3-12(18)17-14(21)16-11-6-4-10(5-7-11)13(19)15-8-9-20-2/h4-7H,3,8-9H2,1-2H3,(H,15,19)(H2,16,17,18,21). The number of benzene rings is 1. The first-order chi connectivity index (χ1) is 10.1. The smallest absolute Gasteiger partial charge is 0.251 e. The van der Waals surface area contributed by atoms with Gasteiger partial charge in [0.15, 0.2) is 5.11 Å². The van der Waals surface area contributed by atoms with Crippen LogP contribution >= 0.6 is 12.2 Å². The molecule has 6 nitrogen and oxygen atoms in total. The van der Waals surface area contributed by atoms with Crippen LogP contribution < -0.4 is 16.0 Å². The molecule has 3 N–H and O–H groups in total. The van der Waals surface area contributed by atoms with Gasteiger partial charge in [0.05, 0.1) is 6.61 Å². The molecule has 21 heavy (non-hydrogen) atoms. The van der Waals surface area contributed by atoms with Crippen molar-refractivity contribution in [3.05, 3.63) is 29.8 Å². The minimum absolute atomic E-state index is 0.151. The van der Waals surface area contributed by atoms with E-state index in [9.17, 15) is 9.59 Å². The molecule has 0 heterocycles. The first-order valence-electron chi connectivity index (χ1n) is 6.54. The molecule has 0 aliphatic heterocycles. The van der Waals surface area contributed by atoms with Crippen LogP contribution in [0, 0.1) is 0 Å². The Bertz CT molecular complexity index is 503. The number of nitrogens with one attached hydrogen (secondary N) is 3. The predicted molar refractivity (Wildman–Crippen MR) is 85.3 cm³/mol. The number of thiocarbonyl (C=S) groups is 1. The molecule has 0 bridgehead atoms. The number of hydrogen-bond donors (Lipinski definition) is 3. The van der Waals surface area contributed by atoms with Crippen molar-refractivity contribution in [2.45, 2.75) is 13.3 Å². The van der Waals surface area contributed by atoms with E-state index in [-0.39, 0.29) is 16.9 Å². The van der Waals surface area contributed by atoms with Gasteiger partial charge in [0.25, 0.3) is 5.91 Å². The zero-order valence-electron chi connectivity index (χ0n) is 12.1. The van der Waals surface area contributed by atoms with E-state index >= 15 is 0 Å². The maximum absolute atomic E-state index is 11.8. The molecule has 114 valence electrons. The third-order valence-corrected chi connectivity index (χ3v) is 2.77. The van der Waals surface area contributed by atoms with Crippen molar-refractivity contribution in [3.8, 4) is 0 Å². The van der Waals surface area contributed by atoms with Crippen LogP contribution in [0.25, 0.3) is 0 Å². The van der Waals surface area contributed by atoms with Gasteiger partial charge in [-0.1, -0.05) is 6.92 Å². The molecule has 0 radical (unpaired) electrons. The van der Waals surface area contributed by atoms with Gasteiger partial charge in [-0.2, -0.15) is 0 Å². The average molecular weight is 309 g/mol. The SMILES string of the molecule is CCC(=O)NC(=S)Nc1ccc(C(=O)NCCOC)cc1. The van der Waals surface area contributed by atoms with E-state index in [0.717, 1.165) is 0 Å². The summed E-state index contributed by atoms with van der Waals surface area (Å²) in [7, 11) is 1.58. The van der Waals surface area contributed by atoms with E-state index in [4.69, 9.17) is 17.0 Å². The molecule has 0 aromatic heterocycles. The summed E-state index contributed by atoms with van der Waals surface area (Å²) in [6.45, 7) is 2.67. The third kappa shape index (κ3) is 6.33. The van der Waals surface area contributed by atoms with Gasteiger partial charge in [-0.25, -0.2) is 0 Å². The second kappa shape index (κ2) is 9.04. The van der Waals surface area contributed by atoms with Crippen molar-refractivity contribution >= 4 is 34.8 Å². The van der Waals surface area contributed by atoms with E-state index in [1.807, 2.05) is 0 Å². The van der Waals surface area contributed by atoms with Gasteiger partial charge in [-0.15, -0.1) is 0 Å². The van der Waals surface area contributed by atoms with Crippen LogP contribution in [0.4, 0.5) is 5.69 Å². The number of carbonyl (C=O) groups excluding carboxylic acids is 2. The summed E-state index contributed by atoms with van der Waals surface area (Å²) in [5, 5.41) is 8.37. The molecule has 1 aromatic carbocycles. The Morgan fingerprint density at radius 3 is 2.48 bits per heavy atom. The van der Waals surface area contributed by atoms with Crippen molar-refractivity contribution in [1.82, 2.24) is 10.6 Å². The van der Waals surface area contributed by atoms with E-state index in [1.54, 1.807) is 38.3 Å². The van der Waals surface area contributed by atoms with Gasteiger partial charge in [-0.3, -0.25) is 9.59 Å². The second-order valence-electron chi connectivity index (χ2n) is 4.18. The van der Waals surface area contributed by atoms with Crippen LogP contribution in [0.5, 0.6) is 0 Å². The minimum atomic E-state index is -0.166. The third-order valence-electron chi connectivity index (χ3n) is 2.57. The summed E-state index contributed by atoms with van der Waals surface area (Å²) in [6, 6.07) is 6.79. The van der Waals surface area contributed by atoms with E-state index < -0.39 is 0 Å². The van der Waals surface area contributed by atoms with Gasteiger partial charge in [-0.05, 0) is 36.5 Å². The highest BCUT2D eigenvalue weighted by Crippen LogP contribution is 2.09. The first-order valence-corrected chi connectivity index (χ1v) is 6.95. The maximum atomic E-state index is 11.8. The average Bonchev–Trinajstić information content (AvgIpc) is 2.47. The summed E-state index contributed by atoms with van der Waals surface area (Å²) in [6.07, 6.45) is 0.363. The molecule has 1 rings (SSSR count). The van der Waals surface area contributed by atoms with Crippen molar-refractivity contribution in [2.24, 2.45) is 0 Å². The summed E-state index contributed by atoms with van der Waals surface area (Å²) in [4.78, 5) is 22.9. The molecule has 0 saturated carbocycles. The van der Waals surface area contributed by atoms with Crippen LogP contribution in [-0.4, -0.2) is 37.2 Å². The molecule has 0 saturated heterocycles. The molecule has 0 atom stereocenters. The molecule has 0 spiro atoms. The highest BCUT2D eigenvalue weighted by molar-refractivity contribution is 7.80. The van der Waals surface area contributed by atoms with Gasteiger partial charge in [0.1, 0.15) is 0 Å². The number of hydrogen-bond acceptors (Lipinski definition) is 4. The van der Waals surface area contributed by atoms with E-state index in [0.29, 0.717) is 30.8 Å². The largest absolute Gasteiger partial charge is 0.383 e. The highest BCUT2D eigenvalue weighted by atomic mass is 32.1. The number of carbonyl (C=O) groups is 2. The minimum Gasteiger partial charge on any atom is -0.383 e. The lowest BCUT2D eigenvalue weighted by molar-refractivity contribution is -0.119. The van der Waals surface area contributed by atoms with Gasteiger partial charge in [0.2, 0.25) is 5.91 Å². The van der Waals surface area contributed by atoms with Crippen LogP contribution in [0.15, 0.2) is 24.3 Å². The maximum Gasteiger partial charge on any atom is 0.251 e. The van der Waals surface area contributed by atoms with Crippen LogP contribution in [-0.2, 0) is 9.53 Å². The van der Waals surface area contributed by atoms with Crippen LogP contribution in [0.1, 0.15) is 23.7 Å². The molecule has 1 aromatic rings. The molecule has 2 amide bonds. The topological polar surface area (TPSA) is 79.5 Å². The molecule has 7 heteroatoms. The Labute approximate surface area is 129 Å². The lowest BCUT2D eigenvalue weighted by atomic mass is 10.2. The van der Waals surface area contributed by atoms with Crippen LogP contribution in [0.3, 0.4) is 0 Å². The fraction of sp³-hybridized carbons (Fsp3) is 0.357. The zero-order valence-corrected chi connectivity index (χ0v) is 12.9. The van der Waals surface area contributed by atoms with E-state index in [1.165, 1.54) is 0 Å². The lowest BCUT2D eigenvalue weighted by Gasteiger charge is -2.09. The van der Waals surface area contributed by atoms with Gasteiger partial charge < -0.3 is 20.7 Å². The summed E-state index contributed by atoms with van der Waals surface area (Å²) in [5.41, 5.74) is 1.24. The predicted octanol–water partition coefficient (Wildman–Crippen LogP) is 1.29. The lowest BCUT2D eigenvalue weighted by Crippen LogP contribution is -2.33. The van der Waals surface area contributed by atoms with Crippen molar-refractivity contribution in [1.29, 1.82) is 0 Å². The monoisotopic (exact) mass is 309 g/mol.